The van der Waals surface area contributed by atoms with Gasteiger partial charge >= 0.3 is 0 Å². The number of nitrogens with zero attached hydrogens (tertiary/aromatic N) is 2. The van der Waals surface area contributed by atoms with Crippen LogP contribution in [-0.4, -0.2) is 21.7 Å². The fourth-order valence-electron chi connectivity index (χ4n) is 9.68. The number of allylic oxidation sites excluding steroid dienone is 4. The summed E-state index contributed by atoms with van der Waals surface area (Å²) in [6, 6.07) is 36.5. The normalized spacial score (nSPS) is 16.2. The summed E-state index contributed by atoms with van der Waals surface area (Å²) in [6.07, 6.45) is 11.1. The SMILES string of the molecule is C=C(/C=C\CC)CCC1c2ccccc2-c2cc(CC(C)C)c([Si](C)(C)C)c[n+]2C1C(=C)[N+](C)(CC)c1ccccc1Nc1c(C(C)C)cc(-c2ccccc2)cc1C(C)C. The Morgan fingerprint density at radius 1 is 0.803 bits per heavy atom. The van der Waals surface area contributed by atoms with Gasteiger partial charge in [0.25, 0.3) is 0 Å². The molecule has 0 bridgehead atoms. The van der Waals surface area contributed by atoms with Crippen LogP contribution in [0.1, 0.15) is 121 Å². The molecule has 1 N–H and O–H groups in total. The third-order valence-electron chi connectivity index (χ3n) is 13.2. The van der Waals surface area contributed by atoms with E-state index in [4.69, 9.17) is 6.58 Å². The van der Waals surface area contributed by atoms with Gasteiger partial charge in [-0.25, -0.2) is 0 Å². The van der Waals surface area contributed by atoms with Crippen LogP contribution in [-0.2, 0) is 6.42 Å². The fourth-order valence-corrected chi connectivity index (χ4v) is 11.3. The quantitative estimate of drug-likeness (QED) is 0.0427. The number of hydrogen-bond donors (Lipinski definition) is 1. The van der Waals surface area contributed by atoms with E-state index in [2.05, 4.69) is 214 Å². The molecule has 4 aromatic carbocycles. The van der Waals surface area contributed by atoms with Crippen molar-refractivity contribution >= 4 is 30.3 Å². The Morgan fingerprint density at radius 2 is 1.43 bits per heavy atom. The van der Waals surface area contributed by atoms with Gasteiger partial charge in [0.2, 0.25) is 11.7 Å². The Hall–Kier alpha value is -4.77. The van der Waals surface area contributed by atoms with Crippen molar-refractivity contribution in [2.75, 3.05) is 18.9 Å². The number of aromatic nitrogens is 1. The summed E-state index contributed by atoms with van der Waals surface area (Å²) in [5.74, 6) is 1.45. The van der Waals surface area contributed by atoms with E-state index >= 15 is 0 Å². The Kier molecular flexibility index (Phi) is 14.3. The maximum Gasteiger partial charge on any atom is 0.238 e. The Morgan fingerprint density at radius 3 is 2.03 bits per heavy atom. The third-order valence-corrected chi connectivity index (χ3v) is 15.2. The second-order valence-corrected chi connectivity index (χ2v) is 24.9. The van der Waals surface area contributed by atoms with E-state index in [9.17, 15) is 0 Å². The van der Waals surface area contributed by atoms with Crippen molar-refractivity contribution in [3.8, 4) is 22.4 Å². The molecule has 0 radical (unpaired) electrons. The first-order valence-corrected chi connectivity index (χ1v) is 26.7. The molecule has 0 fully saturated rings. The maximum atomic E-state index is 5.24. The van der Waals surface area contributed by atoms with Gasteiger partial charge in [-0.1, -0.05) is 153 Å². The first-order chi connectivity index (χ1) is 29.0. The van der Waals surface area contributed by atoms with Crippen LogP contribution in [0.2, 0.25) is 19.6 Å². The highest BCUT2D eigenvalue weighted by molar-refractivity contribution is 6.89. The van der Waals surface area contributed by atoms with Crippen molar-refractivity contribution in [2.45, 2.75) is 125 Å². The van der Waals surface area contributed by atoms with Crippen LogP contribution in [0.25, 0.3) is 22.4 Å². The monoisotopic (exact) mass is 830 g/mol. The molecule has 6 rings (SSSR count). The van der Waals surface area contributed by atoms with E-state index < -0.39 is 8.07 Å². The van der Waals surface area contributed by atoms with Gasteiger partial charge in [0.05, 0.1) is 27.6 Å². The molecule has 1 aliphatic rings. The number of nitrogens with one attached hydrogen (secondary N) is 1. The van der Waals surface area contributed by atoms with E-state index in [0.29, 0.717) is 22.2 Å². The molecule has 1 aromatic heterocycles. The lowest BCUT2D eigenvalue weighted by atomic mass is 9.77. The Balaban J connectivity index is 1.55. The molecular weight excluding hydrogens is 755 g/mol. The van der Waals surface area contributed by atoms with Gasteiger partial charge in [-0.05, 0) is 115 Å². The van der Waals surface area contributed by atoms with E-state index in [-0.39, 0.29) is 12.0 Å². The average molecular weight is 830 g/mol. The first kappa shape index (κ1) is 45.7. The predicted octanol–water partition coefficient (Wildman–Crippen LogP) is 15.2. The van der Waals surface area contributed by atoms with Crippen LogP contribution in [0.4, 0.5) is 17.1 Å². The van der Waals surface area contributed by atoms with Gasteiger partial charge in [0.15, 0.2) is 17.6 Å². The van der Waals surface area contributed by atoms with Crippen molar-refractivity contribution in [3.63, 3.8) is 0 Å². The van der Waals surface area contributed by atoms with Crippen LogP contribution >= 0.6 is 0 Å². The zero-order valence-corrected chi connectivity index (χ0v) is 40.7. The lowest BCUT2D eigenvalue weighted by Crippen LogP contribution is -2.59. The highest BCUT2D eigenvalue weighted by Gasteiger charge is 2.49. The summed E-state index contributed by atoms with van der Waals surface area (Å²) in [4.78, 5) is 0. The molecule has 4 heteroatoms. The van der Waals surface area contributed by atoms with Gasteiger partial charge in [0, 0.05) is 28.6 Å². The topological polar surface area (TPSA) is 15.9 Å². The van der Waals surface area contributed by atoms with E-state index in [0.717, 1.165) is 37.9 Å². The minimum absolute atomic E-state index is 0.0247. The number of rotatable bonds is 17. The van der Waals surface area contributed by atoms with E-state index in [1.807, 2.05) is 0 Å². The summed E-state index contributed by atoms with van der Waals surface area (Å²) in [6.45, 7) is 36.7. The number of likely N-dealkylation sites (N-methyl/N-ethyl adjacent to an activating group) is 1. The molecule has 3 nitrogen and oxygen atoms in total. The predicted molar refractivity (Wildman–Crippen MR) is 270 cm³/mol. The molecular formula is C57H75N3Si+2. The number of benzene rings is 4. The van der Waals surface area contributed by atoms with E-state index in [1.54, 1.807) is 5.19 Å². The summed E-state index contributed by atoms with van der Waals surface area (Å²) < 4.78 is 3.28. The molecule has 3 atom stereocenters. The molecule has 320 valence electrons. The third kappa shape index (κ3) is 9.67. The van der Waals surface area contributed by atoms with Crippen molar-refractivity contribution < 1.29 is 4.57 Å². The second-order valence-electron chi connectivity index (χ2n) is 19.8. The largest absolute Gasteiger partial charge is 0.350 e. The van der Waals surface area contributed by atoms with Crippen LogP contribution in [0.5, 0.6) is 0 Å². The highest BCUT2D eigenvalue weighted by atomic mass is 28.3. The lowest BCUT2D eigenvalue weighted by Gasteiger charge is -2.41. The fraction of sp³-hybridized carbons (Fsp3) is 0.386. The van der Waals surface area contributed by atoms with Gasteiger partial charge in [-0.3, -0.25) is 4.48 Å². The van der Waals surface area contributed by atoms with Crippen molar-refractivity contribution in [1.29, 1.82) is 0 Å². The molecule has 0 saturated carbocycles. The summed E-state index contributed by atoms with van der Waals surface area (Å²) in [7, 11) is 0.656. The minimum Gasteiger partial charge on any atom is -0.350 e. The number of quaternary nitrogens is 1. The molecule has 61 heavy (non-hydrogen) atoms. The highest BCUT2D eigenvalue weighted by Crippen LogP contribution is 2.49. The van der Waals surface area contributed by atoms with E-state index in [1.165, 1.54) is 67.3 Å². The first-order valence-electron chi connectivity index (χ1n) is 23.2. The van der Waals surface area contributed by atoms with Crippen LogP contribution in [0.15, 0.2) is 140 Å². The molecule has 1 aliphatic heterocycles. The van der Waals surface area contributed by atoms with Gasteiger partial charge in [-0.2, -0.15) is 4.57 Å². The summed E-state index contributed by atoms with van der Waals surface area (Å²) >= 11 is 0. The number of para-hydroxylation sites is 2. The smallest absolute Gasteiger partial charge is 0.238 e. The zero-order chi connectivity index (χ0) is 44.2. The summed E-state index contributed by atoms with van der Waals surface area (Å²) in [5.41, 5.74) is 16.8. The number of fused-ring (bicyclic) bond motifs is 3. The van der Waals surface area contributed by atoms with Crippen LogP contribution < -0.4 is 19.6 Å². The minimum atomic E-state index is -1.75. The van der Waals surface area contributed by atoms with Crippen LogP contribution in [0, 0.1) is 5.92 Å². The number of pyridine rings is 1. The second kappa shape index (κ2) is 19.1. The average Bonchev–Trinajstić information content (AvgIpc) is 3.23. The van der Waals surface area contributed by atoms with Crippen molar-refractivity contribution in [1.82, 2.24) is 4.48 Å². The molecule has 2 heterocycles. The molecule has 0 spiro atoms. The van der Waals surface area contributed by atoms with Crippen LogP contribution in [0.3, 0.4) is 0 Å². The van der Waals surface area contributed by atoms with Crippen molar-refractivity contribution in [2.24, 2.45) is 5.92 Å². The molecule has 0 aliphatic carbocycles. The maximum absolute atomic E-state index is 5.24. The molecule has 3 unspecified atom stereocenters. The molecule has 0 saturated heterocycles. The number of anilines is 2. The van der Waals surface area contributed by atoms with Gasteiger partial charge < -0.3 is 5.32 Å². The number of hydrogen-bond acceptors (Lipinski definition) is 1. The molecule has 5 aromatic rings. The van der Waals surface area contributed by atoms with Crippen molar-refractivity contribution in [3.05, 3.63) is 162 Å². The Bertz CT molecular complexity index is 2350. The standard InChI is InChI=1S/C57H75N3Si/c1-15-17-25-42(9)32-33-49-47-28-21-22-29-48(47)53-37-46(34-39(3)4)55(61(12,13)14)38-59(53)57(49)43(10)60(11,16-2)54-31-24-23-30-52(54)58-56-50(40(5)6)35-45(36-51(56)41(7)8)44-26-19-18-20-27-44/h17-31,35-41,49,57-58H,9-10,15-16,32-34H2,1-8,11-14H3/q+2/b25-17-. The van der Waals surface area contributed by atoms with Gasteiger partial charge in [-0.15, -0.1) is 0 Å². The van der Waals surface area contributed by atoms with Gasteiger partial charge in [0.1, 0.15) is 5.69 Å². The molecule has 0 amide bonds. The zero-order valence-electron chi connectivity index (χ0n) is 39.7. The summed E-state index contributed by atoms with van der Waals surface area (Å²) in [5, 5.41) is 5.69. The Labute approximate surface area is 371 Å². The lowest BCUT2D eigenvalue weighted by molar-refractivity contribution is -0.710.